The van der Waals surface area contributed by atoms with Crippen LogP contribution >= 0.6 is 0 Å². The van der Waals surface area contributed by atoms with Gasteiger partial charge < -0.3 is 14.5 Å². The van der Waals surface area contributed by atoms with Crippen LogP contribution in [0, 0.1) is 23.7 Å². The summed E-state index contributed by atoms with van der Waals surface area (Å²) in [6.07, 6.45) is 1.82. The van der Waals surface area contributed by atoms with Crippen molar-refractivity contribution in [3.8, 4) is 11.8 Å². The zero-order valence-corrected chi connectivity index (χ0v) is 19.1. The van der Waals surface area contributed by atoms with E-state index in [-0.39, 0.29) is 30.2 Å². The van der Waals surface area contributed by atoms with Crippen molar-refractivity contribution < 1.29 is 23.9 Å². The maximum atomic E-state index is 13.2. The van der Waals surface area contributed by atoms with Gasteiger partial charge in [-0.2, -0.15) is 0 Å². The first-order valence-electron chi connectivity index (χ1n) is 11.5. The van der Waals surface area contributed by atoms with Gasteiger partial charge in [0.05, 0.1) is 12.2 Å². The summed E-state index contributed by atoms with van der Waals surface area (Å²) in [6.45, 7) is 5.97. The molecule has 4 amide bonds. The number of carbonyl (C=O) groups is 4. The van der Waals surface area contributed by atoms with E-state index < -0.39 is 11.9 Å². The van der Waals surface area contributed by atoms with Crippen LogP contribution in [-0.2, 0) is 20.9 Å². The molecule has 1 aromatic rings. The molecule has 8 heteroatoms. The molecule has 0 radical (unpaired) electrons. The van der Waals surface area contributed by atoms with Gasteiger partial charge in [0.1, 0.15) is 6.04 Å². The SMILES string of the molecule is CC(C)COC(=O)N1CCC(C#Cc2cccc3c2C(=O)N(C2CCC(=O)NC2=O)C3)CC1. The second-order valence-corrected chi connectivity index (χ2v) is 9.24. The maximum Gasteiger partial charge on any atom is 0.409 e. The Kier molecular flexibility index (Phi) is 6.68. The summed E-state index contributed by atoms with van der Waals surface area (Å²) in [5.41, 5.74) is 2.05. The van der Waals surface area contributed by atoms with Crippen molar-refractivity contribution in [2.75, 3.05) is 19.7 Å². The Morgan fingerprint density at radius 2 is 1.94 bits per heavy atom. The van der Waals surface area contributed by atoms with E-state index in [1.165, 1.54) is 0 Å². The van der Waals surface area contributed by atoms with Crippen LogP contribution in [0.1, 0.15) is 61.0 Å². The number of nitrogens with zero attached hydrogens (tertiary/aromatic N) is 2. The molecule has 2 fully saturated rings. The standard InChI is InChI=1S/C25H29N3O5/c1-16(2)15-33-25(32)27-12-10-17(11-13-27)6-7-18-4-3-5-19-14-28(24(31)22(18)19)20-8-9-21(29)26-23(20)30/h3-5,16-17,20H,8-15H2,1-2H3,(H,26,29,30). The van der Waals surface area contributed by atoms with Gasteiger partial charge in [-0.15, -0.1) is 0 Å². The molecule has 8 nitrogen and oxygen atoms in total. The van der Waals surface area contributed by atoms with Crippen LogP contribution in [0.25, 0.3) is 0 Å². The highest BCUT2D eigenvalue weighted by atomic mass is 16.6. The summed E-state index contributed by atoms with van der Waals surface area (Å²) in [7, 11) is 0. The van der Waals surface area contributed by atoms with E-state index in [2.05, 4.69) is 17.2 Å². The van der Waals surface area contributed by atoms with E-state index in [0.29, 0.717) is 49.7 Å². The number of piperidine rings is 2. The molecule has 2 saturated heterocycles. The van der Waals surface area contributed by atoms with E-state index in [9.17, 15) is 19.2 Å². The van der Waals surface area contributed by atoms with Gasteiger partial charge in [0.25, 0.3) is 5.91 Å². The lowest BCUT2D eigenvalue weighted by Crippen LogP contribution is -2.52. The van der Waals surface area contributed by atoms with Gasteiger partial charge in [0.15, 0.2) is 0 Å². The van der Waals surface area contributed by atoms with Crippen molar-refractivity contribution in [3.63, 3.8) is 0 Å². The third-order valence-electron chi connectivity index (χ3n) is 6.26. The number of amides is 4. The number of ether oxygens (including phenoxy) is 1. The normalized spacial score (nSPS) is 20.9. The fourth-order valence-corrected chi connectivity index (χ4v) is 4.43. The minimum Gasteiger partial charge on any atom is -0.449 e. The molecule has 33 heavy (non-hydrogen) atoms. The Labute approximate surface area is 193 Å². The van der Waals surface area contributed by atoms with E-state index in [4.69, 9.17) is 4.74 Å². The molecule has 0 aliphatic carbocycles. The largest absolute Gasteiger partial charge is 0.449 e. The lowest BCUT2D eigenvalue weighted by molar-refractivity contribution is -0.136. The minimum atomic E-state index is -0.636. The van der Waals surface area contributed by atoms with Crippen LogP contribution in [-0.4, -0.2) is 59.4 Å². The van der Waals surface area contributed by atoms with Crippen molar-refractivity contribution in [1.82, 2.24) is 15.1 Å². The lowest BCUT2D eigenvalue weighted by Gasteiger charge is -2.29. The van der Waals surface area contributed by atoms with E-state index in [0.717, 1.165) is 18.4 Å². The van der Waals surface area contributed by atoms with Crippen LogP contribution in [0.4, 0.5) is 4.79 Å². The number of likely N-dealkylation sites (tertiary alicyclic amines) is 1. The van der Waals surface area contributed by atoms with Crippen molar-refractivity contribution in [2.24, 2.45) is 11.8 Å². The minimum absolute atomic E-state index is 0.137. The number of carbonyl (C=O) groups excluding carboxylic acids is 4. The van der Waals surface area contributed by atoms with Crippen molar-refractivity contribution >= 4 is 23.8 Å². The molecule has 3 aliphatic heterocycles. The molecule has 1 aromatic carbocycles. The highest BCUT2D eigenvalue weighted by molar-refractivity contribution is 6.06. The third-order valence-corrected chi connectivity index (χ3v) is 6.26. The maximum absolute atomic E-state index is 13.2. The highest BCUT2D eigenvalue weighted by Gasteiger charge is 2.39. The molecular formula is C25H29N3O5. The number of hydrogen-bond acceptors (Lipinski definition) is 5. The quantitative estimate of drug-likeness (QED) is 0.562. The van der Waals surface area contributed by atoms with E-state index in [1.54, 1.807) is 9.80 Å². The zero-order chi connectivity index (χ0) is 23.5. The Hall–Kier alpha value is -3.34. The van der Waals surface area contributed by atoms with Crippen molar-refractivity contribution in [1.29, 1.82) is 0 Å². The second kappa shape index (κ2) is 9.65. The molecule has 0 aromatic heterocycles. The molecule has 1 unspecified atom stereocenters. The lowest BCUT2D eigenvalue weighted by atomic mass is 9.96. The van der Waals surface area contributed by atoms with Gasteiger partial charge in [-0.3, -0.25) is 19.7 Å². The summed E-state index contributed by atoms with van der Waals surface area (Å²) in [5.74, 6) is 5.98. The van der Waals surface area contributed by atoms with Gasteiger partial charge >= 0.3 is 6.09 Å². The molecule has 1 atom stereocenters. The average molecular weight is 452 g/mol. The summed E-state index contributed by atoms with van der Waals surface area (Å²) in [4.78, 5) is 52.3. The Morgan fingerprint density at radius 1 is 1.18 bits per heavy atom. The number of nitrogens with one attached hydrogen (secondary N) is 1. The first-order valence-corrected chi connectivity index (χ1v) is 11.5. The summed E-state index contributed by atoms with van der Waals surface area (Å²) in [6, 6.07) is 4.95. The topological polar surface area (TPSA) is 96.0 Å². The van der Waals surface area contributed by atoms with E-state index in [1.807, 2.05) is 32.0 Å². The second-order valence-electron chi connectivity index (χ2n) is 9.24. The molecule has 3 aliphatic rings. The number of rotatable bonds is 3. The Balaban J connectivity index is 1.40. The van der Waals surface area contributed by atoms with Crippen LogP contribution < -0.4 is 5.32 Å². The fraction of sp³-hybridized carbons (Fsp3) is 0.520. The van der Waals surface area contributed by atoms with Gasteiger partial charge in [-0.25, -0.2) is 4.79 Å². The molecule has 4 rings (SSSR count). The zero-order valence-electron chi connectivity index (χ0n) is 19.1. The van der Waals surface area contributed by atoms with Gasteiger partial charge in [0.2, 0.25) is 11.8 Å². The van der Waals surface area contributed by atoms with Gasteiger partial charge in [-0.1, -0.05) is 37.8 Å². The van der Waals surface area contributed by atoms with Crippen LogP contribution in [0.5, 0.6) is 0 Å². The monoisotopic (exact) mass is 451 g/mol. The number of benzene rings is 1. The molecule has 3 heterocycles. The van der Waals surface area contributed by atoms with Gasteiger partial charge in [-0.05, 0) is 36.8 Å². The molecule has 0 saturated carbocycles. The Bertz CT molecular complexity index is 1030. The number of fused-ring (bicyclic) bond motifs is 1. The third kappa shape index (κ3) is 5.03. The molecule has 0 bridgehead atoms. The smallest absolute Gasteiger partial charge is 0.409 e. The fourth-order valence-electron chi connectivity index (χ4n) is 4.43. The van der Waals surface area contributed by atoms with Crippen LogP contribution in [0.15, 0.2) is 18.2 Å². The predicted molar refractivity (Wildman–Crippen MR) is 120 cm³/mol. The Morgan fingerprint density at radius 3 is 2.64 bits per heavy atom. The first kappa shape index (κ1) is 22.8. The van der Waals surface area contributed by atoms with Crippen molar-refractivity contribution in [3.05, 3.63) is 34.9 Å². The molecular weight excluding hydrogens is 422 g/mol. The van der Waals surface area contributed by atoms with Crippen LogP contribution in [0.2, 0.25) is 0 Å². The van der Waals surface area contributed by atoms with E-state index >= 15 is 0 Å². The van der Waals surface area contributed by atoms with Crippen molar-refractivity contribution in [2.45, 2.75) is 52.1 Å². The first-order chi connectivity index (χ1) is 15.8. The summed E-state index contributed by atoms with van der Waals surface area (Å²) in [5, 5.41) is 2.32. The average Bonchev–Trinajstić information content (AvgIpc) is 3.13. The summed E-state index contributed by atoms with van der Waals surface area (Å²) >= 11 is 0. The predicted octanol–water partition coefficient (Wildman–Crippen LogP) is 2.30. The molecule has 1 N–H and O–H groups in total. The molecule has 174 valence electrons. The van der Waals surface area contributed by atoms with Crippen LogP contribution in [0.3, 0.4) is 0 Å². The number of imide groups is 1. The van der Waals surface area contributed by atoms with Gasteiger partial charge in [0, 0.05) is 37.5 Å². The molecule has 0 spiro atoms. The number of hydrogen-bond donors (Lipinski definition) is 1. The summed E-state index contributed by atoms with van der Waals surface area (Å²) < 4.78 is 5.30. The highest BCUT2D eigenvalue weighted by Crippen LogP contribution is 2.29.